The first-order chi connectivity index (χ1) is 16.5. The zero-order chi connectivity index (χ0) is 23.9. The Morgan fingerprint density at radius 2 is 1.35 bits per heavy atom. The van der Waals surface area contributed by atoms with Crippen molar-refractivity contribution in [1.29, 1.82) is 0 Å². The summed E-state index contributed by atoms with van der Waals surface area (Å²) in [4.78, 5) is 8.35. The van der Waals surface area contributed by atoms with Crippen molar-refractivity contribution < 1.29 is 13.5 Å². The molecule has 4 rings (SSSR count). The van der Waals surface area contributed by atoms with Crippen molar-refractivity contribution in [3.05, 3.63) is 132 Å². The van der Waals surface area contributed by atoms with E-state index >= 15 is 0 Å². The third kappa shape index (κ3) is 5.56. The van der Waals surface area contributed by atoms with E-state index in [-0.39, 0.29) is 5.75 Å². The summed E-state index contributed by atoms with van der Waals surface area (Å²) >= 11 is 0. The van der Waals surface area contributed by atoms with Crippen LogP contribution in [0.3, 0.4) is 0 Å². The first kappa shape index (κ1) is 23.8. The standard InChI is InChI=1S/C27H27N3O3S/c31-27(24-15-7-17-28-20-24,25-16-8-18-29-21-25)26(23-13-5-2-6-14-23)30-34(32,33)19-9-12-22-10-3-1-4-11-22/h1-8,10-11,13-18,20-21,26,30-31H,9,12,19H2. The molecule has 1 atom stereocenters. The lowest BCUT2D eigenvalue weighted by atomic mass is 9.79. The van der Waals surface area contributed by atoms with Crippen molar-refractivity contribution in [1.82, 2.24) is 14.7 Å². The highest BCUT2D eigenvalue weighted by molar-refractivity contribution is 7.89. The first-order valence-corrected chi connectivity index (χ1v) is 12.8. The molecule has 2 heterocycles. The quantitative estimate of drug-likeness (QED) is 0.363. The molecule has 4 aromatic rings. The number of aryl methyl sites for hydroxylation is 1. The number of aromatic nitrogens is 2. The Bertz CT molecular complexity index is 1230. The SMILES string of the molecule is O=S(=O)(CCCc1ccccc1)NC(c1ccccc1)C(O)(c1cccnc1)c1cccnc1. The summed E-state index contributed by atoms with van der Waals surface area (Å²) in [5, 5.41) is 12.2. The van der Waals surface area contributed by atoms with Gasteiger partial charge in [0.25, 0.3) is 0 Å². The molecule has 34 heavy (non-hydrogen) atoms. The summed E-state index contributed by atoms with van der Waals surface area (Å²) in [5.41, 5.74) is 0.896. The monoisotopic (exact) mass is 473 g/mol. The molecule has 1 unspecified atom stereocenters. The van der Waals surface area contributed by atoms with Gasteiger partial charge in [-0.3, -0.25) is 9.97 Å². The fourth-order valence-corrected chi connectivity index (χ4v) is 5.37. The largest absolute Gasteiger partial charge is 0.378 e. The molecule has 2 aromatic heterocycles. The van der Waals surface area contributed by atoms with Gasteiger partial charge in [0, 0.05) is 35.9 Å². The summed E-state index contributed by atoms with van der Waals surface area (Å²) in [6.45, 7) is 0. The lowest BCUT2D eigenvalue weighted by molar-refractivity contribution is 0.0442. The van der Waals surface area contributed by atoms with Gasteiger partial charge in [-0.2, -0.15) is 0 Å². The Kier molecular flexibility index (Phi) is 7.47. The maximum absolute atomic E-state index is 13.3. The summed E-state index contributed by atoms with van der Waals surface area (Å²) < 4.78 is 29.3. The predicted octanol–water partition coefficient (Wildman–Crippen LogP) is 4.01. The molecule has 0 radical (unpaired) electrons. The molecular formula is C27H27N3O3S. The predicted molar refractivity (Wildman–Crippen MR) is 132 cm³/mol. The van der Waals surface area contributed by atoms with Gasteiger partial charge in [0.15, 0.2) is 0 Å². The lowest BCUT2D eigenvalue weighted by Crippen LogP contribution is -2.45. The van der Waals surface area contributed by atoms with E-state index in [1.54, 1.807) is 61.2 Å². The Hall–Kier alpha value is -3.39. The van der Waals surface area contributed by atoms with Gasteiger partial charge in [-0.05, 0) is 36.1 Å². The maximum atomic E-state index is 13.3. The van der Waals surface area contributed by atoms with Crippen molar-refractivity contribution in [3.8, 4) is 0 Å². The normalized spacial score (nSPS) is 12.9. The second-order valence-electron chi connectivity index (χ2n) is 8.12. The van der Waals surface area contributed by atoms with E-state index in [9.17, 15) is 13.5 Å². The van der Waals surface area contributed by atoms with Gasteiger partial charge in [0.05, 0.1) is 11.8 Å². The number of benzene rings is 2. The number of rotatable bonds is 10. The van der Waals surface area contributed by atoms with Crippen LogP contribution in [-0.2, 0) is 22.0 Å². The lowest BCUT2D eigenvalue weighted by Gasteiger charge is -2.37. The number of aliphatic hydroxyl groups is 1. The highest BCUT2D eigenvalue weighted by Gasteiger charge is 2.43. The number of hydrogen-bond donors (Lipinski definition) is 2. The minimum atomic E-state index is -3.75. The van der Waals surface area contributed by atoms with Gasteiger partial charge in [-0.25, -0.2) is 13.1 Å². The molecule has 0 aliphatic heterocycles. The zero-order valence-corrected chi connectivity index (χ0v) is 19.5. The molecule has 0 saturated heterocycles. The van der Waals surface area contributed by atoms with Crippen molar-refractivity contribution >= 4 is 10.0 Å². The van der Waals surface area contributed by atoms with Crippen LogP contribution >= 0.6 is 0 Å². The molecule has 0 spiro atoms. The zero-order valence-electron chi connectivity index (χ0n) is 18.7. The van der Waals surface area contributed by atoms with Crippen molar-refractivity contribution in [2.45, 2.75) is 24.5 Å². The molecular weight excluding hydrogens is 446 g/mol. The Labute approximate surface area is 200 Å². The average Bonchev–Trinajstić information content (AvgIpc) is 2.89. The Morgan fingerprint density at radius 1 is 0.794 bits per heavy atom. The van der Waals surface area contributed by atoms with Gasteiger partial charge in [0.1, 0.15) is 5.60 Å². The number of sulfonamides is 1. The second kappa shape index (κ2) is 10.7. The Balaban J connectivity index is 1.70. The minimum absolute atomic E-state index is 0.0681. The number of nitrogens with one attached hydrogen (secondary N) is 1. The first-order valence-electron chi connectivity index (χ1n) is 11.1. The smallest absolute Gasteiger partial charge is 0.212 e. The maximum Gasteiger partial charge on any atom is 0.212 e. The molecule has 0 saturated carbocycles. The van der Waals surface area contributed by atoms with Crippen LogP contribution in [0.4, 0.5) is 0 Å². The third-order valence-corrected chi connectivity index (χ3v) is 7.19. The molecule has 6 nitrogen and oxygen atoms in total. The van der Waals surface area contributed by atoms with Crippen LogP contribution in [0.2, 0.25) is 0 Å². The Morgan fingerprint density at radius 3 is 1.88 bits per heavy atom. The second-order valence-corrected chi connectivity index (χ2v) is 9.99. The van der Waals surface area contributed by atoms with Crippen LogP contribution in [0.5, 0.6) is 0 Å². The highest BCUT2D eigenvalue weighted by Crippen LogP contribution is 2.41. The highest BCUT2D eigenvalue weighted by atomic mass is 32.2. The van der Waals surface area contributed by atoms with E-state index in [1.165, 1.54) is 0 Å². The molecule has 0 bridgehead atoms. The van der Waals surface area contributed by atoms with Gasteiger partial charge < -0.3 is 5.11 Å². The van der Waals surface area contributed by atoms with E-state index in [0.717, 1.165) is 5.56 Å². The van der Waals surface area contributed by atoms with Crippen LogP contribution < -0.4 is 4.72 Å². The van der Waals surface area contributed by atoms with E-state index in [1.807, 2.05) is 48.5 Å². The van der Waals surface area contributed by atoms with Gasteiger partial charge in [0.2, 0.25) is 10.0 Å². The molecule has 7 heteroatoms. The molecule has 0 aliphatic carbocycles. The molecule has 2 aromatic carbocycles. The molecule has 0 amide bonds. The summed E-state index contributed by atoms with van der Waals surface area (Å²) in [5.74, 6) is -0.0681. The molecule has 174 valence electrons. The fourth-order valence-electron chi connectivity index (χ4n) is 4.07. The van der Waals surface area contributed by atoms with Crippen molar-refractivity contribution in [2.24, 2.45) is 0 Å². The van der Waals surface area contributed by atoms with E-state index < -0.39 is 21.7 Å². The van der Waals surface area contributed by atoms with Gasteiger partial charge >= 0.3 is 0 Å². The van der Waals surface area contributed by atoms with E-state index in [0.29, 0.717) is 29.5 Å². The van der Waals surface area contributed by atoms with Crippen molar-refractivity contribution in [3.63, 3.8) is 0 Å². The van der Waals surface area contributed by atoms with E-state index in [2.05, 4.69) is 14.7 Å². The summed E-state index contributed by atoms with van der Waals surface area (Å²) in [6.07, 6.45) is 7.42. The molecule has 0 fully saturated rings. The number of pyridine rings is 2. The average molecular weight is 474 g/mol. The van der Waals surface area contributed by atoms with E-state index in [4.69, 9.17) is 0 Å². The molecule has 0 aliphatic rings. The topological polar surface area (TPSA) is 92.2 Å². The third-order valence-electron chi connectivity index (χ3n) is 5.77. The van der Waals surface area contributed by atoms with Crippen LogP contribution in [0, 0.1) is 0 Å². The van der Waals surface area contributed by atoms with Gasteiger partial charge in [-0.1, -0.05) is 72.8 Å². The number of hydrogen-bond acceptors (Lipinski definition) is 5. The van der Waals surface area contributed by atoms with Crippen LogP contribution in [0.25, 0.3) is 0 Å². The van der Waals surface area contributed by atoms with Crippen LogP contribution in [0.15, 0.2) is 110 Å². The minimum Gasteiger partial charge on any atom is -0.378 e. The van der Waals surface area contributed by atoms with Crippen LogP contribution in [0.1, 0.15) is 34.7 Å². The summed E-state index contributed by atoms with van der Waals surface area (Å²) in [7, 11) is -3.75. The molecule has 2 N–H and O–H groups in total. The summed E-state index contributed by atoms with van der Waals surface area (Å²) in [6, 6.07) is 24.8. The fraction of sp³-hybridized carbons (Fsp3) is 0.185. The van der Waals surface area contributed by atoms with Gasteiger partial charge in [-0.15, -0.1) is 0 Å². The number of nitrogens with zero attached hydrogens (tertiary/aromatic N) is 2. The van der Waals surface area contributed by atoms with Crippen molar-refractivity contribution in [2.75, 3.05) is 5.75 Å². The van der Waals surface area contributed by atoms with Crippen LogP contribution in [-0.4, -0.2) is 29.2 Å².